The van der Waals surface area contributed by atoms with E-state index < -0.39 is 0 Å². The molecule has 0 radical (unpaired) electrons. The van der Waals surface area contributed by atoms with Crippen LogP contribution in [0.3, 0.4) is 0 Å². The zero-order valence-electron chi connectivity index (χ0n) is 10.8. The van der Waals surface area contributed by atoms with Crippen molar-refractivity contribution in [2.75, 3.05) is 5.75 Å². The lowest BCUT2D eigenvalue weighted by molar-refractivity contribution is -0.119. The van der Waals surface area contributed by atoms with Crippen molar-refractivity contribution in [3.8, 4) is 0 Å². The summed E-state index contributed by atoms with van der Waals surface area (Å²) in [5, 5.41) is 2.97. The zero-order valence-corrected chi connectivity index (χ0v) is 11.6. The van der Waals surface area contributed by atoms with Crippen molar-refractivity contribution in [2.45, 2.75) is 39.0 Å². The highest BCUT2D eigenvalue weighted by Crippen LogP contribution is 2.15. The molecule has 0 fully saturated rings. The fourth-order valence-corrected chi connectivity index (χ4v) is 2.36. The number of amides is 1. The van der Waals surface area contributed by atoms with E-state index in [4.69, 9.17) is 0 Å². The van der Waals surface area contributed by atoms with Gasteiger partial charge in [-0.05, 0) is 31.4 Å². The first-order valence-electron chi connectivity index (χ1n) is 6.05. The fourth-order valence-electron chi connectivity index (χ4n) is 1.44. The maximum absolute atomic E-state index is 11.6. The van der Waals surface area contributed by atoms with E-state index in [9.17, 15) is 4.79 Å². The summed E-state index contributed by atoms with van der Waals surface area (Å²) in [6.45, 7) is 6.21. The van der Waals surface area contributed by atoms with Crippen LogP contribution in [0.25, 0.3) is 0 Å². The van der Waals surface area contributed by atoms with E-state index in [0.717, 1.165) is 12.2 Å². The Morgan fingerprint density at radius 1 is 1.41 bits per heavy atom. The molecular formula is C14H21NOS. The molecule has 1 unspecified atom stereocenters. The molecule has 2 nitrogen and oxygen atoms in total. The summed E-state index contributed by atoms with van der Waals surface area (Å²) >= 11 is 1.67. The van der Waals surface area contributed by atoms with Gasteiger partial charge in [0.1, 0.15) is 0 Å². The Kier molecular flexibility index (Phi) is 6.12. The second kappa shape index (κ2) is 7.38. The summed E-state index contributed by atoms with van der Waals surface area (Å²) in [5.41, 5.74) is 2.61. The monoisotopic (exact) mass is 251 g/mol. The van der Waals surface area contributed by atoms with Crippen LogP contribution in [0.2, 0.25) is 0 Å². The van der Waals surface area contributed by atoms with Gasteiger partial charge in [0.05, 0.1) is 5.75 Å². The molecule has 0 bridgehead atoms. The minimum Gasteiger partial charge on any atom is -0.353 e. The molecule has 0 aliphatic carbocycles. The lowest BCUT2D eigenvalue weighted by atomic mass is 10.1. The first-order valence-corrected chi connectivity index (χ1v) is 7.20. The minimum absolute atomic E-state index is 0.137. The second-order valence-corrected chi connectivity index (χ2v) is 5.28. The maximum atomic E-state index is 11.6. The van der Waals surface area contributed by atoms with Crippen LogP contribution in [-0.4, -0.2) is 17.7 Å². The van der Waals surface area contributed by atoms with Crippen molar-refractivity contribution in [2.24, 2.45) is 0 Å². The van der Waals surface area contributed by atoms with Crippen LogP contribution in [-0.2, 0) is 10.5 Å². The molecule has 0 heterocycles. The molecule has 0 aliphatic heterocycles. The zero-order chi connectivity index (χ0) is 12.7. The fraction of sp³-hybridized carbons (Fsp3) is 0.500. The highest BCUT2D eigenvalue weighted by Gasteiger charge is 2.05. The van der Waals surface area contributed by atoms with Crippen molar-refractivity contribution < 1.29 is 4.79 Å². The van der Waals surface area contributed by atoms with E-state index in [1.54, 1.807) is 11.8 Å². The van der Waals surface area contributed by atoms with E-state index in [1.165, 1.54) is 11.1 Å². The maximum Gasteiger partial charge on any atom is 0.230 e. The average molecular weight is 251 g/mol. The highest BCUT2D eigenvalue weighted by molar-refractivity contribution is 7.99. The number of aryl methyl sites for hydroxylation is 1. The largest absolute Gasteiger partial charge is 0.353 e. The van der Waals surface area contributed by atoms with Crippen LogP contribution in [0.1, 0.15) is 31.4 Å². The number of hydrogen-bond acceptors (Lipinski definition) is 2. The predicted octanol–water partition coefficient (Wildman–Crippen LogP) is 3.14. The van der Waals surface area contributed by atoms with Gasteiger partial charge in [-0.2, -0.15) is 0 Å². The molecule has 17 heavy (non-hydrogen) atoms. The number of benzene rings is 1. The van der Waals surface area contributed by atoms with Crippen LogP contribution < -0.4 is 5.32 Å². The van der Waals surface area contributed by atoms with Crippen molar-refractivity contribution in [3.05, 3.63) is 35.4 Å². The summed E-state index contributed by atoms with van der Waals surface area (Å²) < 4.78 is 0. The van der Waals surface area contributed by atoms with E-state index in [2.05, 4.69) is 31.3 Å². The molecule has 94 valence electrons. The van der Waals surface area contributed by atoms with E-state index in [1.807, 2.05) is 19.1 Å². The summed E-state index contributed by atoms with van der Waals surface area (Å²) in [6.07, 6.45) is 0.980. The summed E-state index contributed by atoms with van der Waals surface area (Å²) in [6, 6.07) is 8.59. The van der Waals surface area contributed by atoms with Crippen molar-refractivity contribution in [1.29, 1.82) is 0 Å². The first-order chi connectivity index (χ1) is 8.13. The van der Waals surface area contributed by atoms with Gasteiger partial charge in [-0.25, -0.2) is 0 Å². The molecule has 1 aromatic rings. The van der Waals surface area contributed by atoms with Crippen LogP contribution >= 0.6 is 11.8 Å². The van der Waals surface area contributed by atoms with Crippen LogP contribution in [0.15, 0.2) is 24.3 Å². The Morgan fingerprint density at radius 3 is 2.76 bits per heavy atom. The topological polar surface area (TPSA) is 29.1 Å². The predicted molar refractivity (Wildman–Crippen MR) is 75.2 cm³/mol. The van der Waals surface area contributed by atoms with Crippen LogP contribution in [0, 0.1) is 6.92 Å². The summed E-state index contributed by atoms with van der Waals surface area (Å²) in [5.74, 6) is 1.58. The van der Waals surface area contributed by atoms with Gasteiger partial charge in [0.25, 0.3) is 0 Å². The van der Waals surface area contributed by atoms with Gasteiger partial charge in [0, 0.05) is 11.8 Å². The van der Waals surface area contributed by atoms with Gasteiger partial charge in [-0.15, -0.1) is 11.8 Å². The van der Waals surface area contributed by atoms with Gasteiger partial charge in [-0.3, -0.25) is 4.79 Å². The molecule has 1 atom stereocenters. The molecule has 0 aromatic heterocycles. The molecule has 1 rings (SSSR count). The first kappa shape index (κ1) is 14.1. The van der Waals surface area contributed by atoms with E-state index in [0.29, 0.717) is 5.75 Å². The number of carbonyl (C=O) groups is 1. The second-order valence-electron chi connectivity index (χ2n) is 4.30. The molecule has 0 aliphatic rings. The standard InChI is InChI=1S/C14H21NOS/c1-4-12(3)15-14(16)10-17-9-13-8-6-5-7-11(13)2/h5-8,12H,4,9-10H2,1-3H3,(H,15,16). The third-order valence-electron chi connectivity index (χ3n) is 2.77. The minimum atomic E-state index is 0.137. The molecule has 0 saturated heterocycles. The van der Waals surface area contributed by atoms with Gasteiger partial charge in [0.15, 0.2) is 0 Å². The molecule has 1 aromatic carbocycles. The molecule has 0 saturated carbocycles. The van der Waals surface area contributed by atoms with Gasteiger partial charge >= 0.3 is 0 Å². The number of rotatable bonds is 6. The Balaban J connectivity index is 2.29. The smallest absolute Gasteiger partial charge is 0.230 e. The SMILES string of the molecule is CCC(C)NC(=O)CSCc1ccccc1C. The van der Waals surface area contributed by atoms with E-state index in [-0.39, 0.29) is 11.9 Å². The Morgan fingerprint density at radius 2 is 2.12 bits per heavy atom. The number of nitrogens with one attached hydrogen (secondary N) is 1. The van der Waals surface area contributed by atoms with Crippen LogP contribution in [0.4, 0.5) is 0 Å². The molecule has 3 heteroatoms. The van der Waals surface area contributed by atoms with Gasteiger partial charge in [0.2, 0.25) is 5.91 Å². The average Bonchev–Trinajstić information content (AvgIpc) is 2.31. The lowest BCUT2D eigenvalue weighted by Gasteiger charge is -2.11. The van der Waals surface area contributed by atoms with Crippen LogP contribution in [0.5, 0.6) is 0 Å². The van der Waals surface area contributed by atoms with E-state index >= 15 is 0 Å². The summed E-state index contributed by atoms with van der Waals surface area (Å²) in [7, 11) is 0. The third-order valence-corrected chi connectivity index (χ3v) is 3.75. The molecule has 0 spiro atoms. The van der Waals surface area contributed by atoms with Gasteiger partial charge in [-0.1, -0.05) is 31.2 Å². The van der Waals surface area contributed by atoms with Gasteiger partial charge < -0.3 is 5.32 Å². The Bertz CT molecular complexity index is 365. The normalized spacial score (nSPS) is 12.2. The highest BCUT2D eigenvalue weighted by atomic mass is 32.2. The molecular weight excluding hydrogens is 230 g/mol. The summed E-state index contributed by atoms with van der Waals surface area (Å²) in [4.78, 5) is 11.6. The Hall–Kier alpha value is -0.960. The number of carbonyl (C=O) groups excluding carboxylic acids is 1. The lowest BCUT2D eigenvalue weighted by Crippen LogP contribution is -2.33. The van der Waals surface area contributed by atoms with Crippen molar-refractivity contribution in [3.63, 3.8) is 0 Å². The number of thioether (sulfide) groups is 1. The number of hydrogen-bond donors (Lipinski definition) is 1. The molecule has 1 amide bonds. The third kappa shape index (κ3) is 5.26. The Labute approximate surface area is 108 Å². The molecule has 1 N–H and O–H groups in total. The van der Waals surface area contributed by atoms with Crippen molar-refractivity contribution in [1.82, 2.24) is 5.32 Å². The quantitative estimate of drug-likeness (QED) is 0.841. The van der Waals surface area contributed by atoms with Crippen molar-refractivity contribution >= 4 is 17.7 Å².